The van der Waals surface area contributed by atoms with E-state index in [2.05, 4.69) is 25.7 Å². The lowest BCUT2D eigenvalue weighted by atomic mass is 10.3. The maximum Gasteiger partial charge on any atom is 0.323 e. The number of H-pyrrole nitrogens is 1. The molecule has 1 aromatic carbocycles. The molecule has 0 atom stereocenters. The number of benzene rings is 1. The molecule has 0 aliphatic carbocycles. The van der Waals surface area contributed by atoms with Crippen molar-refractivity contribution in [3.05, 3.63) is 45.6 Å². The Balaban J connectivity index is 1.88. The van der Waals surface area contributed by atoms with Gasteiger partial charge in [-0.2, -0.15) is 4.52 Å². The highest BCUT2D eigenvalue weighted by molar-refractivity contribution is 6.31. The highest BCUT2D eigenvalue weighted by Crippen LogP contribution is 2.27. The van der Waals surface area contributed by atoms with Gasteiger partial charge in [0.05, 0.1) is 18.5 Å². The highest BCUT2D eigenvalue weighted by atomic mass is 35.5. The number of hydrogen-bond acceptors (Lipinski definition) is 5. The minimum absolute atomic E-state index is 0.0373. The average Bonchev–Trinajstić information content (AvgIpc) is 3.00. The Morgan fingerprint density at radius 1 is 1.38 bits per heavy atom. The van der Waals surface area contributed by atoms with Crippen LogP contribution in [0.3, 0.4) is 0 Å². The van der Waals surface area contributed by atoms with Gasteiger partial charge in [-0.1, -0.05) is 11.6 Å². The van der Waals surface area contributed by atoms with Gasteiger partial charge in [0, 0.05) is 5.02 Å². The fraction of sp³-hybridized carbons (Fsp3) is 0.143. The van der Waals surface area contributed by atoms with Gasteiger partial charge in [-0.05, 0) is 25.1 Å². The molecule has 9 nitrogen and oxygen atoms in total. The molecule has 0 aliphatic heterocycles. The van der Waals surface area contributed by atoms with Crippen LogP contribution in [-0.4, -0.2) is 32.7 Å². The first-order chi connectivity index (χ1) is 11.5. The molecule has 2 aromatic heterocycles. The number of carbonyl (C=O) groups excluding carboxylic acids is 1. The summed E-state index contributed by atoms with van der Waals surface area (Å²) in [6.45, 7) is 1.60. The molecule has 0 aliphatic rings. The summed E-state index contributed by atoms with van der Waals surface area (Å²) in [5, 5.41) is 8.13. The van der Waals surface area contributed by atoms with Crippen LogP contribution in [0.4, 0.5) is 16.2 Å². The van der Waals surface area contributed by atoms with E-state index in [-0.39, 0.29) is 11.5 Å². The third-order valence-corrected chi connectivity index (χ3v) is 3.50. The third-order valence-electron chi connectivity index (χ3n) is 3.26. The number of rotatable bonds is 3. The van der Waals surface area contributed by atoms with Crippen LogP contribution >= 0.6 is 11.6 Å². The number of halogens is 1. The van der Waals surface area contributed by atoms with Crippen LogP contribution in [0.2, 0.25) is 5.02 Å². The van der Waals surface area contributed by atoms with E-state index in [1.54, 1.807) is 19.1 Å². The van der Waals surface area contributed by atoms with Crippen molar-refractivity contribution in [3.8, 4) is 5.75 Å². The SMILES string of the molecule is COc1ccc(Cl)cc1NC(=O)Nc1c(C)nc2nc[nH]n2c1=O. The molecule has 124 valence electrons. The summed E-state index contributed by atoms with van der Waals surface area (Å²) in [6, 6.07) is 4.17. The number of aryl methyl sites for hydroxylation is 1. The summed E-state index contributed by atoms with van der Waals surface area (Å²) in [5.41, 5.74) is 0.287. The van der Waals surface area contributed by atoms with Gasteiger partial charge in [0.25, 0.3) is 11.3 Å². The van der Waals surface area contributed by atoms with Crippen LogP contribution in [0.1, 0.15) is 5.69 Å². The van der Waals surface area contributed by atoms with Crippen LogP contribution in [0.15, 0.2) is 29.3 Å². The lowest BCUT2D eigenvalue weighted by molar-refractivity contribution is 0.262. The van der Waals surface area contributed by atoms with E-state index in [1.165, 1.54) is 19.5 Å². The number of amides is 2. The fourth-order valence-electron chi connectivity index (χ4n) is 2.15. The number of nitrogens with one attached hydrogen (secondary N) is 3. The van der Waals surface area contributed by atoms with Crippen molar-refractivity contribution in [2.75, 3.05) is 17.7 Å². The standard InChI is InChI=1S/C14H13ClN6O3/c1-7-11(12(22)21-13(18-7)16-6-17-21)20-14(23)19-9-5-8(15)3-4-10(9)24-2/h3-6H,1-2H3,(H,16,17,18)(H2,19,20,23). The number of aromatic amines is 1. The number of urea groups is 1. The van der Waals surface area contributed by atoms with Crippen LogP contribution in [-0.2, 0) is 0 Å². The molecule has 0 saturated heterocycles. The Morgan fingerprint density at radius 3 is 2.92 bits per heavy atom. The summed E-state index contributed by atoms with van der Waals surface area (Å²) < 4.78 is 6.28. The monoisotopic (exact) mass is 348 g/mol. The van der Waals surface area contributed by atoms with Crippen molar-refractivity contribution in [2.24, 2.45) is 0 Å². The molecule has 3 rings (SSSR count). The molecule has 0 radical (unpaired) electrons. The second-order valence-corrected chi connectivity index (χ2v) is 5.26. The number of fused-ring (bicyclic) bond motifs is 1. The Morgan fingerprint density at radius 2 is 2.17 bits per heavy atom. The minimum Gasteiger partial charge on any atom is -0.495 e. The van der Waals surface area contributed by atoms with Gasteiger partial charge >= 0.3 is 6.03 Å². The molecule has 2 amide bonds. The maximum atomic E-state index is 12.3. The van der Waals surface area contributed by atoms with E-state index in [4.69, 9.17) is 16.3 Å². The molecule has 0 bridgehead atoms. The van der Waals surface area contributed by atoms with Gasteiger partial charge in [-0.3, -0.25) is 9.89 Å². The smallest absolute Gasteiger partial charge is 0.323 e. The molecule has 10 heteroatoms. The normalized spacial score (nSPS) is 10.6. The summed E-state index contributed by atoms with van der Waals surface area (Å²) in [6.07, 6.45) is 1.34. The summed E-state index contributed by atoms with van der Waals surface area (Å²) in [7, 11) is 1.47. The number of carbonyl (C=O) groups is 1. The first-order valence-corrected chi connectivity index (χ1v) is 7.21. The van der Waals surface area contributed by atoms with E-state index < -0.39 is 11.6 Å². The second kappa shape index (κ2) is 6.20. The Bertz CT molecular complexity index is 980. The molecule has 2 heterocycles. The van der Waals surface area contributed by atoms with Crippen molar-refractivity contribution >= 4 is 34.8 Å². The van der Waals surface area contributed by atoms with E-state index in [1.807, 2.05) is 0 Å². The fourth-order valence-corrected chi connectivity index (χ4v) is 2.32. The number of ether oxygens (including phenoxy) is 1. The average molecular weight is 349 g/mol. The van der Waals surface area contributed by atoms with Gasteiger partial charge in [-0.15, -0.1) is 0 Å². The molecular formula is C14H13ClN6O3. The molecular weight excluding hydrogens is 336 g/mol. The zero-order valence-corrected chi connectivity index (χ0v) is 13.5. The van der Waals surface area contributed by atoms with Crippen molar-refractivity contribution < 1.29 is 9.53 Å². The number of hydrogen-bond donors (Lipinski definition) is 3. The van der Waals surface area contributed by atoms with Gasteiger partial charge < -0.3 is 15.4 Å². The summed E-state index contributed by atoms with van der Waals surface area (Å²) >= 11 is 5.92. The van der Waals surface area contributed by atoms with Gasteiger partial charge in [0.15, 0.2) is 0 Å². The van der Waals surface area contributed by atoms with Crippen molar-refractivity contribution in [2.45, 2.75) is 6.92 Å². The van der Waals surface area contributed by atoms with Crippen molar-refractivity contribution in [3.63, 3.8) is 0 Å². The molecule has 3 aromatic rings. The van der Waals surface area contributed by atoms with E-state index >= 15 is 0 Å². The van der Waals surface area contributed by atoms with Crippen LogP contribution in [0.5, 0.6) is 5.75 Å². The van der Waals surface area contributed by atoms with Gasteiger partial charge in [-0.25, -0.2) is 14.8 Å². The zero-order valence-electron chi connectivity index (χ0n) is 12.8. The van der Waals surface area contributed by atoms with Gasteiger partial charge in [0.1, 0.15) is 17.8 Å². The van der Waals surface area contributed by atoms with Crippen molar-refractivity contribution in [1.29, 1.82) is 0 Å². The van der Waals surface area contributed by atoms with Gasteiger partial charge in [0.2, 0.25) is 0 Å². The zero-order chi connectivity index (χ0) is 17.3. The Labute approximate surface area is 140 Å². The topological polar surface area (TPSA) is 113 Å². The van der Waals surface area contributed by atoms with E-state index in [0.717, 1.165) is 4.52 Å². The van der Waals surface area contributed by atoms with E-state index in [9.17, 15) is 9.59 Å². The predicted octanol–water partition coefficient (Wildman–Crippen LogP) is 2.03. The number of nitrogens with zero attached hydrogens (tertiary/aromatic N) is 3. The molecule has 24 heavy (non-hydrogen) atoms. The quantitative estimate of drug-likeness (QED) is 0.670. The summed E-state index contributed by atoms with van der Waals surface area (Å²) in [4.78, 5) is 32.6. The minimum atomic E-state index is -0.628. The van der Waals surface area contributed by atoms with Crippen molar-refractivity contribution in [1.82, 2.24) is 19.6 Å². The molecule has 0 unspecified atom stereocenters. The molecule has 0 fully saturated rings. The van der Waals surface area contributed by atoms with Crippen LogP contribution in [0.25, 0.3) is 5.78 Å². The third kappa shape index (κ3) is 2.88. The maximum absolute atomic E-state index is 12.3. The summed E-state index contributed by atoms with van der Waals surface area (Å²) in [5.74, 6) is 0.658. The molecule has 3 N–H and O–H groups in total. The second-order valence-electron chi connectivity index (χ2n) is 4.82. The predicted molar refractivity (Wildman–Crippen MR) is 89.0 cm³/mol. The first kappa shape index (κ1) is 15.8. The molecule has 0 spiro atoms. The Hall–Kier alpha value is -3.07. The number of methoxy groups -OCH3 is 1. The molecule has 0 saturated carbocycles. The highest BCUT2D eigenvalue weighted by Gasteiger charge is 2.15. The first-order valence-electron chi connectivity index (χ1n) is 6.84. The van der Waals surface area contributed by atoms with Crippen LogP contribution in [0, 0.1) is 6.92 Å². The largest absolute Gasteiger partial charge is 0.495 e. The number of aromatic nitrogens is 4. The van der Waals surface area contributed by atoms with E-state index in [0.29, 0.717) is 22.2 Å². The lowest BCUT2D eigenvalue weighted by Crippen LogP contribution is -2.28. The number of anilines is 2. The Kier molecular flexibility index (Phi) is 4.09. The lowest BCUT2D eigenvalue weighted by Gasteiger charge is -2.12. The van der Waals surface area contributed by atoms with Crippen LogP contribution < -0.4 is 20.9 Å².